The number of hydrogen-bond donors (Lipinski definition) is 5. The van der Waals surface area contributed by atoms with Crippen LogP contribution in [0.5, 0.6) is 0 Å². The molecule has 2 aromatic rings. The first-order chi connectivity index (χ1) is 13.0. The summed E-state index contributed by atoms with van der Waals surface area (Å²) in [6.07, 6.45) is 3.05. The number of rotatable bonds is 5. The van der Waals surface area contributed by atoms with Crippen molar-refractivity contribution in [2.75, 3.05) is 18.1 Å². The third-order valence-electron chi connectivity index (χ3n) is 3.15. The lowest BCUT2D eigenvalue weighted by Gasteiger charge is -2.04. The second-order valence-electron chi connectivity index (χ2n) is 4.94. The van der Waals surface area contributed by atoms with E-state index in [0.29, 0.717) is 16.1 Å². The van der Waals surface area contributed by atoms with Crippen molar-refractivity contribution >= 4 is 47.9 Å². The van der Waals surface area contributed by atoms with Crippen LogP contribution in [0.1, 0.15) is 29.3 Å². The van der Waals surface area contributed by atoms with Gasteiger partial charge in [0.15, 0.2) is 0 Å². The smallest absolute Gasteiger partial charge is 0.265 e. The highest BCUT2D eigenvalue weighted by Crippen LogP contribution is 2.20. The maximum absolute atomic E-state index is 11.0. The molecule has 0 aliphatic heterocycles. The van der Waals surface area contributed by atoms with Crippen molar-refractivity contribution in [3.05, 3.63) is 58.6 Å². The van der Waals surface area contributed by atoms with Gasteiger partial charge in [0.05, 0.1) is 10.6 Å². The molecule has 2 rings (SSSR count). The predicted molar refractivity (Wildman–Crippen MR) is 116 cm³/mol. The Bertz CT molecular complexity index is 737. The summed E-state index contributed by atoms with van der Waals surface area (Å²) in [5.74, 6) is 4.71. The first-order valence-corrected chi connectivity index (χ1v) is 9.84. The van der Waals surface area contributed by atoms with Crippen LogP contribution in [0.15, 0.2) is 47.4 Å². The summed E-state index contributed by atoms with van der Waals surface area (Å²) in [7, 11) is 0. The summed E-state index contributed by atoms with van der Waals surface area (Å²) in [5, 5.41) is 12.3. The monoisotopic (exact) mass is 426 g/mol. The quantitative estimate of drug-likeness (QED) is 0.121. The molecule has 0 saturated heterocycles. The number of nitriles is 1. The minimum absolute atomic E-state index is 0.261. The van der Waals surface area contributed by atoms with Crippen molar-refractivity contribution in [2.24, 2.45) is 5.84 Å². The highest BCUT2D eigenvalue weighted by molar-refractivity contribution is 7.98. The maximum atomic E-state index is 11.0. The van der Waals surface area contributed by atoms with Crippen LogP contribution in [0.2, 0.25) is 5.02 Å². The van der Waals surface area contributed by atoms with Crippen molar-refractivity contribution in [1.29, 1.82) is 5.26 Å². The van der Waals surface area contributed by atoms with Crippen LogP contribution in [0.4, 0.5) is 5.69 Å². The van der Waals surface area contributed by atoms with Crippen molar-refractivity contribution in [2.45, 2.75) is 18.2 Å². The number of hydrazine groups is 1. The van der Waals surface area contributed by atoms with Crippen LogP contribution >= 0.6 is 36.3 Å². The molecule has 0 unspecified atom stereocenters. The number of carbonyl (C=O) groups is 1. The topological polar surface area (TPSA) is 111 Å². The summed E-state index contributed by atoms with van der Waals surface area (Å²) in [4.78, 5) is 12.1. The van der Waals surface area contributed by atoms with Crippen molar-refractivity contribution in [3.8, 4) is 6.07 Å². The van der Waals surface area contributed by atoms with Gasteiger partial charge in [-0.3, -0.25) is 10.2 Å². The molecule has 0 spiro atoms. The molecule has 9 heteroatoms. The molecule has 0 bridgehead atoms. The molecule has 0 radical (unpaired) electrons. The molecule has 2 aromatic carbocycles. The van der Waals surface area contributed by atoms with Crippen molar-refractivity contribution in [3.63, 3.8) is 0 Å². The van der Waals surface area contributed by atoms with E-state index in [0.717, 1.165) is 23.5 Å². The van der Waals surface area contributed by atoms with Gasteiger partial charge in [0.25, 0.3) is 5.91 Å². The fourth-order valence-electron chi connectivity index (χ4n) is 1.81. The first-order valence-electron chi connectivity index (χ1n) is 7.84. The van der Waals surface area contributed by atoms with Crippen molar-refractivity contribution in [1.82, 2.24) is 5.43 Å². The standard InChI is InChI=1S/C10H11ClN2.C8H10N2OS.H2OS/c1-2-5-13-9-4-3-8(7-12)10(11)6-9;1-12-7-4-2-6(3-5-7)8(11)10-9;1-2/h3-4,6,13H,2,5H2,1H3;2-5H,9H2,1H3,(H,10,11);1-2H. The molecule has 5 N–H and O–H groups in total. The molecule has 27 heavy (non-hydrogen) atoms. The fraction of sp³-hybridized carbons (Fsp3) is 0.222. The number of amides is 1. The van der Waals surface area contributed by atoms with Gasteiger partial charge in [-0.2, -0.15) is 5.26 Å². The molecule has 0 fully saturated rings. The van der Waals surface area contributed by atoms with E-state index in [2.05, 4.69) is 30.6 Å². The van der Waals surface area contributed by atoms with Crippen LogP contribution in [-0.4, -0.2) is 23.3 Å². The van der Waals surface area contributed by atoms with Crippen LogP contribution in [0.3, 0.4) is 0 Å². The average molecular weight is 427 g/mol. The lowest BCUT2D eigenvalue weighted by atomic mass is 10.2. The Morgan fingerprint density at radius 3 is 2.37 bits per heavy atom. The molecule has 0 aliphatic rings. The summed E-state index contributed by atoms with van der Waals surface area (Å²) in [6, 6.07) is 14.6. The highest BCUT2D eigenvalue weighted by Gasteiger charge is 2.01. The number of hydrogen-bond acceptors (Lipinski definition) is 7. The molecular weight excluding hydrogens is 404 g/mol. The van der Waals surface area contributed by atoms with Gasteiger partial charge < -0.3 is 9.87 Å². The minimum atomic E-state index is -0.261. The Morgan fingerprint density at radius 1 is 1.30 bits per heavy atom. The zero-order valence-electron chi connectivity index (χ0n) is 15.1. The number of thioether (sulfide) groups is 1. The molecule has 0 atom stereocenters. The van der Waals surface area contributed by atoms with Gasteiger partial charge >= 0.3 is 0 Å². The molecule has 1 amide bonds. The molecule has 146 valence electrons. The number of thiol groups is 1. The van der Waals surface area contributed by atoms with Gasteiger partial charge in [0.1, 0.15) is 6.07 Å². The number of benzene rings is 2. The molecule has 0 aromatic heterocycles. The van der Waals surface area contributed by atoms with E-state index in [1.54, 1.807) is 36.0 Å². The average Bonchev–Trinajstić information content (AvgIpc) is 2.73. The highest BCUT2D eigenvalue weighted by atomic mass is 35.5. The minimum Gasteiger partial charge on any atom is -0.385 e. The second kappa shape index (κ2) is 15.2. The van der Waals surface area contributed by atoms with Gasteiger partial charge in [0, 0.05) is 22.7 Å². The fourth-order valence-corrected chi connectivity index (χ4v) is 2.44. The SMILES string of the molecule is CCCNc1ccc(C#N)c(Cl)c1.CSc1ccc(C(=O)NN)cc1.OS. The zero-order valence-corrected chi connectivity index (χ0v) is 17.5. The van der Waals surface area contributed by atoms with E-state index in [-0.39, 0.29) is 5.91 Å². The molecular formula is C18H23ClN4O2S2. The Hall–Kier alpha value is -1.89. The van der Waals surface area contributed by atoms with Gasteiger partial charge in [-0.05, 0) is 68.1 Å². The Labute approximate surface area is 174 Å². The third kappa shape index (κ3) is 9.56. The largest absolute Gasteiger partial charge is 0.385 e. The van der Waals surface area contributed by atoms with Crippen LogP contribution in [0.25, 0.3) is 0 Å². The lowest BCUT2D eigenvalue weighted by Crippen LogP contribution is -2.29. The summed E-state index contributed by atoms with van der Waals surface area (Å²) < 4.78 is 6.69. The van der Waals surface area contributed by atoms with E-state index in [1.807, 2.05) is 30.5 Å². The first kappa shape index (κ1) is 25.1. The number of nitrogens with zero attached hydrogens (tertiary/aromatic N) is 1. The number of nitrogens with one attached hydrogen (secondary N) is 2. The van der Waals surface area contributed by atoms with Crippen molar-refractivity contribution < 1.29 is 9.35 Å². The number of halogens is 1. The van der Waals surface area contributed by atoms with E-state index in [9.17, 15) is 4.79 Å². The second-order valence-corrected chi connectivity index (χ2v) is 6.22. The van der Waals surface area contributed by atoms with Crippen LogP contribution in [-0.2, 0) is 0 Å². The van der Waals surface area contributed by atoms with Gasteiger partial charge in [-0.15, -0.1) is 11.8 Å². The lowest BCUT2D eigenvalue weighted by molar-refractivity contribution is 0.0953. The number of anilines is 1. The van der Waals surface area contributed by atoms with Gasteiger partial charge in [-0.1, -0.05) is 18.5 Å². The summed E-state index contributed by atoms with van der Waals surface area (Å²) in [6.45, 7) is 3.01. The van der Waals surface area contributed by atoms with Gasteiger partial charge in [-0.25, -0.2) is 5.84 Å². The maximum Gasteiger partial charge on any atom is 0.265 e. The molecule has 6 nitrogen and oxygen atoms in total. The third-order valence-corrected chi connectivity index (χ3v) is 4.21. The summed E-state index contributed by atoms with van der Waals surface area (Å²) >= 11 is 10.0. The number of nitrogen functional groups attached to an aromatic ring is 1. The van der Waals surface area contributed by atoms with Gasteiger partial charge in [0.2, 0.25) is 0 Å². The Morgan fingerprint density at radius 2 is 1.93 bits per heavy atom. The number of nitrogens with two attached hydrogens (primary N) is 1. The summed E-state index contributed by atoms with van der Waals surface area (Å²) in [5.41, 5.74) is 4.13. The van der Waals surface area contributed by atoms with E-state index in [1.165, 1.54) is 0 Å². The molecule has 0 saturated carbocycles. The Kier molecular flexibility index (Phi) is 14.1. The predicted octanol–water partition coefficient (Wildman–Crippen LogP) is 4.43. The van der Waals surface area contributed by atoms with E-state index >= 15 is 0 Å². The van der Waals surface area contributed by atoms with Crippen LogP contribution in [0, 0.1) is 11.3 Å². The van der Waals surface area contributed by atoms with E-state index < -0.39 is 0 Å². The molecule has 0 heterocycles. The Balaban J connectivity index is 0.000000460. The number of carbonyl (C=O) groups excluding carboxylic acids is 1. The van der Waals surface area contributed by atoms with Crippen LogP contribution < -0.4 is 16.6 Å². The normalized spacial score (nSPS) is 8.93. The molecule has 0 aliphatic carbocycles. The zero-order chi connectivity index (χ0) is 20.7. The van der Waals surface area contributed by atoms with E-state index in [4.69, 9.17) is 27.3 Å².